The molecule has 2 saturated heterocycles. The summed E-state index contributed by atoms with van der Waals surface area (Å²) in [6.07, 6.45) is 7.84. The van der Waals surface area contributed by atoms with Gasteiger partial charge in [0.2, 0.25) is 5.91 Å². The van der Waals surface area contributed by atoms with Crippen molar-refractivity contribution in [3.63, 3.8) is 0 Å². The van der Waals surface area contributed by atoms with Crippen LogP contribution in [0.5, 0.6) is 0 Å². The lowest BCUT2D eigenvalue weighted by atomic mass is 9.82. The number of hydrogen-bond donors (Lipinski definition) is 1. The number of carbonyl (C=O) groups excluding carboxylic acids is 2. The van der Waals surface area contributed by atoms with Gasteiger partial charge in [0.15, 0.2) is 0 Å². The zero-order chi connectivity index (χ0) is 15.3. The molecule has 1 N–H and O–H groups in total. The molecule has 5 nitrogen and oxygen atoms in total. The van der Waals surface area contributed by atoms with Gasteiger partial charge in [-0.1, -0.05) is 0 Å². The lowest BCUT2D eigenvalue weighted by molar-refractivity contribution is -0.156. The average Bonchev–Trinajstić information content (AvgIpc) is 3.26. The van der Waals surface area contributed by atoms with Crippen LogP contribution in [0.2, 0.25) is 0 Å². The van der Waals surface area contributed by atoms with Crippen molar-refractivity contribution in [2.75, 3.05) is 13.1 Å². The summed E-state index contributed by atoms with van der Waals surface area (Å²) in [6, 6.07) is 0.803. The van der Waals surface area contributed by atoms with E-state index < -0.39 is 5.60 Å². The minimum Gasteiger partial charge on any atom is -0.380 e. The predicted molar refractivity (Wildman–Crippen MR) is 81.0 cm³/mol. The maximum atomic E-state index is 12.7. The van der Waals surface area contributed by atoms with Crippen LogP contribution in [0.3, 0.4) is 0 Å². The van der Waals surface area contributed by atoms with Gasteiger partial charge in [-0.25, -0.2) is 0 Å². The van der Waals surface area contributed by atoms with Gasteiger partial charge >= 0.3 is 0 Å². The Morgan fingerprint density at radius 2 is 1.86 bits per heavy atom. The molecule has 2 aliphatic heterocycles. The van der Waals surface area contributed by atoms with Crippen LogP contribution < -0.4 is 0 Å². The standard InChI is InChI=1S/C17H26N2O3/c20-15-6-3-12-11-18(16(21)17(22)8-1-2-9-17)10-7-14(12)19(15)13-4-5-13/h12-14,22H,1-11H2/t12-,14-/m1/s1. The van der Waals surface area contributed by atoms with E-state index in [1.54, 1.807) is 0 Å². The van der Waals surface area contributed by atoms with Crippen LogP contribution in [0.15, 0.2) is 0 Å². The van der Waals surface area contributed by atoms with Crippen LogP contribution in [-0.4, -0.2) is 57.5 Å². The largest absolute Gasteiger partial charge is 0.380 e. The summed E-state index contributed by atoms with van der Waals surface area (Å²) >= 11 is 0. The Kier molecular flexibility index (Phi) is 3.44. The lowest BCUT2D eigenvalue weighted by Gasteiger charge is -2.48. The molecule has 0 unspecified atom stereocenters. The van der Waals surface area contributed by atoms with Crippen molar-refractivity contribution in [1.82, 2.24) is 9.80 Å². The summed E-state index contributed by atoms with van der Waals surface area (Å²) in [5, 5.41) is 10.5. The second kappa shape index (κ2) is 5.22. The summed E-state index contributed by atoms with van der Waals surface area (Å²) in [5.74, 6) is 0.664. The van der Waals surface area contributed by atoms with E-state index in [1.165, 1.54) is 0 Å². The van der Waals surface area contributed by atoms with Gasteiger partial charge in [-0.15, -0.1) is 0 Å². The molecule has 4 rings (SSSR count). The Balaban J connectivity index is 1.45. The number of amides is 2. The number of carbonyl (C=O) groups is 2. The number of fused-ring (bicyclic) bond motifs is 1. The fourth-order valence-corrected chi connectivity index (χ4v) is 4.77. The van der Waals surface area contributed by atoms with E-state index in [0.29, 0.717) is 49.7 Å². The lowest BCUT2D eigenvalue weighted by Crippen LogP contribution is -2.59. The van der Waals surface area contributed by atoms with Gasteiger partial charge in [0.25, 0.3) is 5.91 Å². The Morgan fingerprint density at radius 3 is 2.55 bits per heavy atom. The molecule has 2 aliphatic carbocycles. The van der Waals surface area contributed by atoms with Crippen molar-refractivity contribution in [2.24, 2.45) is 5.92 Å². The molecule has 122 valence electrons. The smallest absolute Gasteiger partial charge is 0.254 e. The van der Waals surface area contributed by atoms with Gasteiger partial charge < -0.3 is 14.9 Å². The van der Waals surface area contributed by atoms with Gasteiger partial charge in [0.05, 0.1) is 0 Å². The van der Waals surface area contributed by atoms with Crippen LogP contribution in [0.4, 0.5) is 0 Å². The molecule has 4 aliphatic rings. The van der Waals surface area contributed by atoms with E-state index in [2.05, 4.69) is 4.90 Å². The summed E-state index contributed by atoms with van der Waals surface area (Å²) in [6.45, 7) is 1.42. The van der Waals surface area contributed by atoms with Crippen molar-refractivity contribution in [1.29, 1.82) is 0 Å². The predicted octanol–water partition coefficient (Wildman–Crippen LogP) is 1.29. The van der Waals surface area contributed by atoms with Crippen LogP contribution >= 0.6 is 0 Å². The molecule has 0 bridgehead atoms. The number of nitrogens with zero attached hydrogens (tertiary/aromatic N) is 2. The maximum Gasteiger partial charge on any atom is 0.254 e. The first-order valence-corrected chi connectivity index (χ1v) is 8.91. The highest BCUT2D eigenvalue weighted by molar-refractivity contribution is 5.85. The van der Waals surface area contributed by atoms with E-state index in [4.69, 9.17) is 0 Å². The molecule has 2 saturated carbocycles. The quantitative estimate of drug-likeness (QED) is 0.836. The Morgan fingerprint density at radius 1 is 1.14 bits per heavy atom. The fourth-order valence-electron chi connectivity index (χ4n) is 4.77. The molecule has 2 amide bonds. The molecule has 0 aromatic carbocycles. The van der Waals surface area contributed by atoms with Gasteiger partial charge in [0, 0.05) is 31.6 Å². The van der Waals surface area contributed by atoms with Gasteiger partial charge in [-0.05, 0) is 57.3 Å². The first-order valence-electron chi connectivity index (χ1n) is 8.91. The van der Waals surface area contributed by atoms with Crippen molar-refractivity contribution < 1.29 is 14.7 Å². The summed E-state index contributed by atoms with van der Waals surface area (Å²) in [5.41, 5.74) is -1.10. The second-order valence-corrected chi connectivity index (χ2v) is 7.68. The Hall–Kier alpha value is -1.10. The Labute approximate surface area is 131 Å². The van der Waals surface area contributed by atoms with E-state index in [1.807, 2.05) is 4.90 Å². The van der Waals surface area contributed by atoms with E-state index in [-0.39, 0.29) is 5.91 Å². The van der Waals surface area contributed by atoms with Crippen molar-refractivity contribution >= 4 is 11.8 Å². The van der Waals surface area contributed by atoms with E-state index in [0.717, 1.165) is 45.1 Å². The third-order valence-electron chi connectivity index (χ3n) is 6.12. The summed E-state index contributed by atoms with van der Waals surface area (Å²) in [7, 11) is 0. The minimum atomic E-state index is -1.10. The van der Waals surface area contributed by atoms with Crippen LogP contribution in [0.1, 0.15) is 57.8 Å². The SMILES string of the molecule is O=C1CC[C@@H]2CN(C(=O)C3(O)CCCC3)CC[C@H]2N1C1CC1. The van der Waals surface area contributed by atoms with Gasteiger partial charge in [0.1, 0.15) is 5.60 Å². The maximum absolute atomic E-state index is 12.7. The number of likely N-dealkylation sites (tertiary alicyclic amines) is 2. The normalized spacial score (nSPS) is 34.7. The highest BCUT2D eigenvalue weighted by Crippen LogP contribution is 2.40. The third-order valence-corrected chi connectivity index (χ3v) is 6.12. The molecule has 0 spiro atoms. The van der Waals surface area contributed by atoms with Crippen LogP contribution in [0.25, 0.3) is 0 Å². The fraction of sp³-hybridized carbons (Fsp3) is 0.882. The van der Waals surface area contributed by atoms with Crippen molar-refractivity contribution in [2.45, 2.75) is 75.5 Å². The van der Waals surface area contributed by atoms with E-state index >= 15 is 0 Å². The molecule has 0 aromatic heterocycles. The molecule has 0 radical (unpaired) electrons. The molecule has 2 atom stereocenters. The number of hydrogen-bond acceptors (Lipinski definition) is 3. The molecule has 5 heteroatoms. The highest BCUT2D eigenvalue weighted by Gasteiger charge is 2.48. The van der Waals surface area contributed by atoms with Crippen molar-refractivity contribution in [3.8, 4) is 0 Å². The summed E-state index contributed by atoms with van der Waals surface area (Å²) in [4.78, 5) is 28.9. The molecule has 2 heterocycles. The zero-order valence-electron chi connectivity index (χ0n) is 13.2. The molecular weight excluding hydrogens is 280 g/mol. The van der Waals surface area contributed by atoms with Gasteiger partial charge in [-0.3, -0.25) is 9.59 Å². The first-order chi connectivity index (χ1) is 10.6. The Bertz CT molecular complexity index is 482. The second-order valence-electron chi connectivity index (χ2n) is 7.68. The molecular formula is C17H26N2O3. The van der Waals surface area contributed by atoms with E-state index in [9.17, 15) is 14.7 Å². The topological polar surface area (TPSA) is 60.9 Å². The minimum absolute atomic E-state index is 0.0571. The highest BCUT2D eigenvalue weighted by atomic mass is 16.3. The molecule has 0 aromatic rings. The first kappa shape index (κ1) is 14.5. The van der Waals surface area contributed by atoms with Crippen LogP contribution in [-0.2, 0) is 9.59 Å². The van der Waals surface area contributed by atoms with Crippen LogP contribution in [0, 0.1) is 5.92 Å². The van der Waals surface area contributed by atoms with Crippen molar-refractivity contribution in [3.05, 3.63) is 0 Å². The average molecular weight is 306 g/mol. The molecule has 22 heavy (non-hydrogen) atoms. The van der Waals surface area contributed by atoms with Gasteiger partial charge in [-0.2, -0.15) is 0 Å². The number of rotatable bonds is 2. The zero-order valence-corrected chi connectivity index (χ0v) is 13.2. The summed E-state index contributed by atoms with van der Waals surface area (Å²) < 4.78 is 0. The third kappa shape index (κ3) is 2.34. The monoisotopic (exact) mass is 306 g/mol. The molecule has 4 fully saturated rings. The number of aliphatic hydroxyl groups is 1. The number of piperidine rings is 2.